The summed E-state index contributed by atoms with van der Waals surface area (Å²) in [5.74, 6) is 1.65. The third kappa shape index (κ3) is 7.35. The van der Waals surface area contributed by atoms with Crippen molar-refractivity contribution >= 4 is 0 Å². The second-order valence-corrected chi connectivity index (χ2v) is 9.03. The average Bonchev–Trinajstić information content (AvgIpc) is 2.80. The maximum atomic E-state index is 14.5. The normalized spacial score (nSPS) is 18.8. The molecule has 0 radical (unpaired) electrons. The molecular formula is C28H39FO2. The van der Waals surface area contributed by atoms with Crippen LogP contribution in [0.3, 0.4) is 0 Å². The molecule has 0 saturated heterocycles. The van der Waals surface area contributed by atoms with Crippen LogP contribution in [-0.2, 0) is 4.74 Å². The van der Waals surface area contributed by atoms with Gasteiger partial charge in [0.2, 0.25) is 0 Å². The van der Waals surface area contributed by atoms with E-state index in [9.17, 15) is 4.39 Å². The quantitative estimate of drug-likeness (QED) is 0.319. The predicted octanol–water partition coefficient (Wildman–Crippen LogP) is 8.15. The highest BCUT2D eigenvalue weighted by Crippen LogP contribution is 2.38. The van der Waals surface area contributed by atoms with Gasteiger partial charge in [-0.3, -0.25) is 0 Å². The lowest BCUT2D eigenvalue weighted by molar-refractivity contribution is 0.183. The smallest absolute Gasteiger partial charge is 0.165 e. The van der Waals surface area contributed by atoms with Gasteiger partial charge in [0, 0.05) is 13.7 Å². The molecule has 2 aromatic carbocycles. The summed E-state index contributed by atoms with van der Waals surface area (Å²) < 4.78 is 25.1. The largest absolute Gasteiger partial charge is 0.491 e. The molecule has 0 aliphatic heterocycles. The van der Waals surface area contributed by atoms with E-state index in [1.807, 2.05) is 6.07 Å². The molecule has 0 aromatic heterocycles. The van der Waals surface area contributed by atoms with E-state index in [0.29, 0.717) is 24.9 Å². The van der Waals surface area contributed by atoms with Crippen molar-refractivity contribution in [3.8, 4) is 16.9 Å². The lowest BCUT2D eigenvalue weighted by Crippen LogP contribution is -2.13. The van der Waals surface area contributed by atoms with Crippen molar-refractivity contribution in [2.45, 2.75) is 77.0 Å². The topological polar surface area (TPSA) is 18.5 Å². The first-order valence-corrected chi connectivity index (χ1v) is 12.2. The molecule has 1 aliphatic carbocycles. The molecule has 3 rings (SSSR count). The van der Waals surface area contributed by atoms with Gasteiger partial charge in [0.05, 0.1) is 6.61 Å². The fourth-order valence-electron chi connectivity index (χ4n) is 4.74. The Bertz CT molecular complexity index is 763. The first-order valence-electron chi connectivity index (χ1n) is 12.2. The molecule has 2 aromatic rings. The van der Waals surface area contributed by atoms with Gasteiger partial charge in [0.25, 0.3) is 0 Å². The van der Waals surface area contributed by atoms with Crippen molar-refractivity contribution in [1.29, 1.82) is 0 Å². The van der Waals surface area contributed by atoms with E-state index < -0.39 is 0 Å². The van der Waals surface area contributed by atoms with E-state index >= 15 is 0 Å². The third-order valence-corrected chi connectivity index (χ3v) is 6.71. The number of methoxy groups -OCH3 is 1. The molecule has 1 fully saturated rings. The average molecular weight is 427 g/mol. The molecule has 0 atom stereocenters. The van der Waals surface area contributed by atoms with Gasteiger partial charge in [-0.15, -0.1) is 0 Å². The molecule has 1 saturated carbocycles. The summed E-state index contributed by atoms with van der Waals surface area (Å²) in [7, 11) is 1.69. The molecule has 0 amide bonds. The molecule has 170 valence electrons. The lowest BCUT2D eigenvalue weighted by Gasteiger charge is -2.29. The second kappa shape index (κ2) is 12.9. The SMILES string of the molecule is CCCCCC1CCC(c2ccc(-c3ccc(OCCCCOC)c(F)c3)cc2)CC1. The van der Waals surface area contributed by atoms with Crippen LogP contribution in [0.1, 0.15) is 82.6 Å². The predicted molar refractivity (Wildman–Crippen MR) is 127 cm³/mol. The van der Waals surface area contributed by atoms with Gasteiger partial charge in [-0.05, 0) is 79.2 Å². The Morgan fingerprint density at radius 1 is 0.839 bits per heavy atom. The van der Waals surface area contributed by atoms with Gasteiger partial charge in [-0.25, -0.2) is 4.39 Å². The van der Waals surface area contributed by atoms with Gasteiger partial charge in [0.1, 0.15) is 0 Å². The third-order valence-electron chi connectivity index (χ3n) is 6.71. The number of halogens is 1. The number of benzene rings is 2. The number of ether oxygens (including phenoxy) is 2. The van der Waals surface area contributed by atoms with Crippen LogP contribution in [0.15, 0.2) is 42.5 Å². The van der Waals surface area contributed by atoms with Gasteiger partial charge in [0.15, 0.2) is 11.6 Å². The summed E-state index contributed by atoms with van der Waals surface area (Å²) in [5.41, 5.74) is 3.39. The van der Waals surface area contributed by atoms with Crippen LogP contribution in [0.4, 0.5) is 4.39 Å². The summed E-state index contributed by atoms with van der Waals surface area (Å²) >= 11 is 0. The highest BCUT2D eigenvalue weighted by molar-refractivity contribution is 5.64. The summed E-state index contributed by atoms with van der Waals surface area (Å²) in [6, 6.07) is 14.1. The molecular weight excluding hydrogens is 387 g/mol. The van der Waals surface area contributed by atoms with Crippen molar-refractivity contribution in [2.24, 2.45) is 5.92 Å². The second-order valence-electron chi connectivity index (χ2n) is 9.03. The number of hydrogen-bond acceptors (Lipinski definition) is 2. The minimum absolute atomic E-state index is 0.297. The molecule has 31 heavy (non-hydrogen) atoms. The first kappa shape index (κ1) is 23.8. The highest BCUT2D eigenvalue weighted by atomic mass is 19.1. The van der Waals surface area contributed by atoms with Crippen LogP contribution in [-0.4, -0.2) is 20.3 Å². The maximum absolute atomic E-state index is 14.5. The van der Waals surface area contributed by atoms with E-state index in [4.69, 9.17) is 9.47 Å². The molecule has 0 heterocycles. The molecule has 0 spiro atoms. The van der Waals surface area contributed by atoms with Gasteiger partial charge in [-0.1, -0.05) is 62.9 Å². The van der Waals surface area contributed by atoms with E-state index in [2.05, 4.69) is 31.2 Å². The zero-order chi connectivity index (χ0) is 21.9. The summed E-state index contributed by atoms with van der Waals surface area (Å²) in [6.07, 6.45) is 12.6. The van der Waals surface area contributed by atoms with Gasteiger partial charge >= 0.3 is 0 Å². The van der Waals surface area contributed by atoms with Crippen molar-refractivity contribution in [3.05, 3.63) is 53.8 Å². The zero-order valence-corrected chi connectivity index (χ0v) is 19.4. The van der Waals surface area contributed by atoms with Gasteiger partial charge < -0.3 is 9.47 Å². The van der Waals surface area contributed by atoms with Crippen molar-refractivity contribution in [1.82, 2.24) is 0 Å². The highest BCUT2D eigenvalue weighted by Gasteiger charge is 2.22. The van der Waals surface area contributed by atoms with Crippen LogP contribution in [0.5, 0.6) is 5.75 Å². The van der Waals surface area contributed by atoms with Crippen molar-refractivity contribution in [3.63, 3.8) is 0 Å². The standard InChI is InChI=1S/C28H39FO2/c1-3-4-5-8-22-9-11-23(12-10-22)24-13-15-25(16-14-24)26-17-18-28(27(29)21-26)31-20-7-6-19-30-2/h13-18,21-23H,3-12,19-20H2,1-2H3. The van der Waals surface area contributed by atoms with E-state index in [1.165, 1.54) is 56.9 Å². The van der Waals surface area contributed by atoms with E-state index in [-0.39, 0.29) is 5.82 Å². The molecule has 0 bridgehead atoms. The Labute approximate surface area is 188 Å². The molecule has 3 heteroatoms. The fourth-order valence-corrected chi connectivity index (χ4v) is 4.74. The Morgan fingerprint density at radius 3 is 2.23 bits per heavy atom. The molecule has 0 N–H and O–H groups in total. The van der Waals surface area contributed by atoms with Crippen LogP contribution >= 0.6 is 0 Å². The van der Waals surface area contributed by atoms with Crippen LogP contribution < -0.4 is 4.74 Å². The molecule has 0 unspecified atom stereocenters. The molecule has 1 aliphatic rings. The Kier molecular flexibility index (Phi) is 9.86. The molecule has 2 nitrogen and oxygen atoms in total. The summed E-state index contributed by atoms with van der Waals surface area (Å²) in [4.78, 5) is 0. The minimum atomic E-state index is -0.297. The Hall–Kier alpha value is -1.87. The van der Waals surface area contributed by atoms with E-state index in [1.54, 1.807) is 19.2 Å². The summed E-state index contributed by atoms with van der Waals surface area (Å²) in [5, 5.41) is 0. The summed E-state index contributed by atoms with van der Waals surface area (Å²) in [6.45, 7) is 3.50. The minimum Gasteiger partial charge on any atom is -0.491 e. The Balaban J connectivity index is 1.51. The van der Waals surface area contributed by atoms with Gasteiger partial charge in [-0.2, -0.15) is 0 Å². The van der Waals surface area contributed by atoms with Crippen molar-refractivity contribution in [2.75, 3.05) is 20.3 Å². The van der Waals surface area contributed by atoms with Crippen LogP contribution in [0.25, 0.3) is 11.1 Å². The monoisotopic (exact) mass is 426 g/mol. The van der Waals surface area contributed by atoms with E-state index in [0.717, 1.165) is 29.9 Å². The Morgan fingerprint density at radius 2 is 1.55 bits per heavy atom. The van der Waals surface area contributed by atoms with Crippen LogP contribution in [0.2, 0.25) is 0 Å². The zero-order valence-electron chi connectivity index (χ0n) is 19.4. The number of rotatable bonds is 12. The number of unbranched alkanes of at least 4 members (excludes halogenated alkanes) is 3. The fraction of sp³-hybridized carbons (Fsp3) is 0.571. The van der Waals surface area contributed by atoms with Crippen LogP contribution in [0, 0.1) is 11.7 Å². The maximum Gasteiger partial charge on any atom is 0.165 e. The number of hydrogen-bond donors (Lipinski definition) is 0. The van der Waals surface area contributed by atoms with Crippen molar-refractivity contribution < 1.29 is 13.9 Å². The first-order chi connectivity index (χ1) is 15.2. The lowest BCUT2D eigenvalue weighted by atomic mass is 9.77.